The van der Waals surface area contributed by atoms with Crippen LogP contribution in [0.25, 0.3) is 21.8 Å². The summed E-state index contributed by atoms with van der Waals surface area (Å²) in [6, 6.07) is 16.9. The van der Waals surface area contributed by atoms with Crippen LogP contribution in [0.4, 0.5) is 32.6 Å². The molecule has 0 aliphatic carbocycles. The molecule has 6 aromatic rings. The van der Waals surface area contributed by atoms with E-state index < -0.39 is 45.5 Å². The van der Waals surface area contributed by atoms with E-state index in [4.69, 9.17) is 59.5 Å². The molecule has 6 rings (SSSR count). The van der Waals surface area contributed by atoms with Crippen molar-refractivity contribution in [3.8, 4) is 0 Å². The van der Waals surface area contributed by atoms with E-state index in [1.54, 1.807) is 131 Å². The number of nitrogens with zero attached hydrogens (tertiary/aromatic N) is 4. The lowest BCUT2D eigenvalue weighted by Crippen LogP contribution is -2.31. The number of fused-ring (bicyclic) bond motifs is 2. The van der Waals surface area contributed by atoms with Crippen LogP contribution < -0.4 is 25.8 Å². The third-order valence-electron chi connectivity index (χ3n) is 9.45. The Morgan fingerprint density at radius 3 is 1.61 bits per heavy atom. The van der Waals surface area contributed by atoms with E-state index in [0.717, 1.165) is 11.1 Å². The minimum atomic E-state index is -4.07. The van der Waals surface area contributed by atoms with Crippen molar-refractivity contribution >= 4 is 114 Å². The molecule has 0 spiro atoms. The number of anilines is 4. The number of esters is 2. The van der Waals surface area contributed by atoms with Crippen molar-refractivity contribution in [2.45, 2.75) is 86.1 Å². The first-order valence-electron chi connectivity index (χ1n) is 21.9. The van der Waals surface area contributed by atoms with Gasteiger partial charge in [-0.1, -0.05) is 23.2 Å². The Bertz CT molecular complexity index is 2980. The highest BCUT2D eigenvalue weighted by atomic mass is 35.5. The summed E-state index contributed by atoms with van der Waals surface area (Å²) in [7, 11) is -4.07. The summed E-state index contributed by atoms with van der Waals surface area (Å²) in [5.41, 5.74) is 8.23. The molecule has 0 atom stereocenters. The van der Waals surface area contributed by atoms with Crippen LogP contribution in [0.1, 0.15) is 93.9 Å². The monoisotopic (exact) mass is 1040 g/mol. The summed E-state index contributed by atoms with van der Waals surface area (Å²) in [6.07, 6.45) is 2.22. The minimum Gasteiger partial charge on any atom is -0.461 e. The molecule has 0 unspecified atom stereocenters. The Hall–Kier alpha value is -6.32. The second kappa shape index (κ2) is 23.5. The number of amides is 2. The molecule has 2 amide bonds. The molecule has 376 valence electrons. The molecule has 0 radical (unpaired) electrons. The van der Waals surface area contributed by atoms with Gasteiger partial charge in [-0.05, 0) is 134 Å². The van der Waals surface area contributed by atoms with Gasteiger partial charge in [0.05, 0.1) is 35.6 Å². The molecule has 19 nitrogen and oxygen atoms in total. The van der Waals surface area contributed by atoms with Crippen molar-refractivity contribution in [3.63, 3.8) is 0 Å². The zero-order valence-corrected chi connectivity index (χ0v) is 43.0. The number of aromatic nitrogens is 4. The molecular weight excluding hydrogens is 989 g/mol. The zero-order chi connectivity index (χ0) is 51.6. The third kappa shape index (κ3) is 15.1. The van der Waals surface area contributed by atoms with Gasteiger partial charge < -0.3 is 33.8 Å². The molecule has 0 aliphatic rings. The number of alkyl halides is 1. The third-order valence-corrected chi connectivity index (χ3v) is 11.2. The first-order chi connectivity index (χ1) is 32.9. The zero-order valence-electron chi connectivity index (χ0n) is 39.9. The Kier molecular flexibility index (Phi) is 18.4. The van der Waals surface area contributed by atoms with E-state index in [9.17, 15) is 27.6 Å². The van der Waals surface area contributed by atoms with E-state index in [1.807, 2.05) is 0 Å². The molecule has 70 heavy (non-hydrogen) atoms. The van der Waals surface area contributed by atoms with Gasteiger partial charge in [0.2, 0.25) is 0 Å². The molecular formula is C47H56Cl3N9O10S. The van der Waals surface area contributed by atoms with Crippen LogP contribution in [0, 0.1) is 0 Å². The Morgan fingerprint density at radius 1 is 0.686 bits per heavy atom. The van der Waals surface area contributed by atoms with Gasteiger partial charge in [0.1, 0.15) is 22.8 Å². The first-order valence-corrected chi connectivity index (χ1v) is 24.7. The number of benzene rings is 2. The topological polar surface area (TPSA) is 249 Å². The average Bonchev–Trinajstić information content (AvgIpc) is 3.68. The number of pyridine rings is 2. The Morgan fingerprint density at radius 2 is 1.14 bits per heavy atom. The van der Waals surface area contributed by atoms with Crippen molar-refractivity contribution in [3.05, 3.63) is 106 Å². The lowest BCUT2D eigenvalue weighted by molar-refractivity contribution is 0.0506. The number of rotatable bonds is 16. The molecule has 4 heterocycles. The smallest absolute Gasteiger partial charge is 0.413 e. The summed E-state index contributed by atoms with van der Waals surface area (Å²) < 4.78 is 55.0. The van der Waals surface area contributed by atoms with Gasteiger partial charge in [-0.15, -0.1) is 11.6 Å². The van der Waals surface area contributed by atoms with E-state index in [0.29, 0.717) is 56.4 Å². The molecule has 4 aromatic heterocycles. The number of hydrogen-bond acceptors (Lipinski definition) is 13. The van der Waals surface area contributed by atoms with Gasteiger partial charge in [-0.2, -0.15) is 13.1 Å². The SMILES string of the molecule is CCOC(=O)c1c(N)c2cc(Cl)ccc2n1Cc1ccnc(NC(=O)OC(C)(C)C)c1.CCOC(=O)c1c(NS(=O)(=O)NCCCCl)c2cc(Cl)ccc2n1Cc1ccnc(NC(=O)OC(C)(C)C)c1. The van der Waals surface area contributed by atoms with E-state index in [2.05, 4.69) is 30.0 Å². The second-order valence-electron chi connectivity index (χ2n) is 17.3. The number of nitrogens with two attached hydrogens (primary N) is 1. The number of halogens is 3. The lowest BCUT2D eigenvalue weighted by Gasteiger charge is -2.19. The maximum absolute atomic E-state index is 13.2. The fourth-order valence-electron chi connectivity index (χ4n) is 6.85. The number of nitrogen functional groups attached to an aromatic ring is 1. The number of carbonyl (C=O) groups excluding carboxylic acids is 4. The van der Waals surface area contributed by atoms with Gasteiger partial charge in [-0.25, -0.2) is 29.1 Å². The van der Waals surface area contributed by atoms with Crippen LogP contribution in [0.5, 0.6) is 0 Å². The largest absolute Gasteiger partial charge is 0.461 e. The van der Waals surface area contributed by atoms with Crippen LogP contribution in [0.15, 0.2) is 73.1 Å². The van der Waals surface area contributed by atoms with Gasteiger partial charge >= 0.3 is 24.1 Å². The van der Waals surface area contributed by atoms with Crippen molar-refractivity contribution in [2.24, 2.45) is 0 Å². The highest BCUT2D eigenvalue weighted by Gasteiger charge is 2.28. The molecule has 0 fully saturated rings. The van der Waals surface area contributed by atoms with E-state index in [1.165, 1.54) is 6.20 Å². The normalized spacial score (nSPS) is 11.6. The molecule has 0 saturated carbocycles. The quantitative estimate of drug-likeness (QED) is 0.0262. The Labute approximate surface area is 420 Å². The van der Waals surface area contributed by atoms with Crippen LogP contribution in [-0.4, -0.2) is 88.5 Å². The summed E-state index contributed by atoms with van der Waals surface area (Å²) in [4.78, 5) is 58.4. The molecule has 2 aromatic carbocycles. The van der Waals surface area contributed by atoms with Crippen LogP contribution in [-0.2, 0) is 42.2 Å². The number of nitrogens with one attached hydrogen (secondary N) is 4. The molecule has 0 bridgehead atoms. The van der Waals surface area contributed by atoms with Gasteiger partial charge in [0, 0.05) is 58.7 Å². The van der Waals surface area contributed by atoms with Crippen molar-refractivity contribution < 1.29 is 46.5 Å². The van der Waals surface area contributed by atoms with E-state index in [-0.39, 0.29) is 55.1 Å². The van der Waals surface area contributed by atoms with Gasteiger partial charge in [0.25, 0.3) is 10.2 Å². The maximum Gasteiger partial charge on any atom is 0.413 e. The van der Waals surface area contributed by atoms with Crippen LogP contribution in [0.3, 0.4) is 0 Å². The molecule has 0 aliphatic heterocycles. The summed E-state index contributed by atoms with van der Waals surface area (Å²) in [5, 5.41) is 7.12. The highest BCUT2D eigenvalue weighted by molar-refractivity contribution is 7.90. The number of ether oxygens (including phenoxy) is 4. The predicted molar refractivity (Wildman–Crippen MR) is 272 cm³/mol. The second-order valence-corrected chi connectivity index (χ2v) is 20.1. The predicted octanol–water partition coefficient (Wildman–Crippen LogP) is 9.98. The summed E-state index contributed by atoms with van der Waals surface area (Å²) >= 11 is 18.0. The van der Waals surface area contributed by atoms with Crippen LogP contribution in [0.2, 0.25) is 10.0 Å². The highest BCUT2D eigenvalue weighted by Crippen LogP contribution is 2.36. The molecule has 6 N–H and O–H groups in total. The lowest BCUT2D eigenvalue weighted by atomic mass is 10.2. The van der Waals surface area contributed by atoms with Crippen molar-refractivity contribution in [1.82, 2.24) is 23.8 Å². The standard InChI is InChI=1S/C25H31Cl2N5O6S.C22H25ClN4O4/c1-5-37-23(33)22-21(31-39(35,36)29-11-6-10-26)18-14-17(27)7-8-19(18)32(22)15-16-9-12-28-20(13-16)30-24(34)38-25(2,3)4;1-5-30-20(28)19-18(24)15-11-14(23)6-7-16(15)27(19)12-13-8-9-25-17(10-13)26-21(29)31-22(2,3)4/h7-9,12-14,29,31H,5-6,10-11,15H2,1-4H3,(H,28,30,34);6-11H,5,12,24H2,1-4H3,(H,25,26,29). The van der Waals surface area contributed by atoms with E-state index >= 15 is 0 Å². The minimum absolute atomic E-state index is 0.0182. The van der Waals surface area contributed by atoms with Crippen molar-refractivity contribution in [1.29, 1.82) is 0 Å². The maximum atomic E-state index is 13.2. The molecule has 23 heteroatoms. The van der Waals surface area contributed by atoms with Crippen LogP contribution >= 0.6 is 34.8 Å². The van der Waals surface area contributed by atoms with Gasteiger partial charge in [-0.3, -0.25) is 15.4 Å². The number of hydrogen-bond donors (Lipinski definition) is 5. The van der Waals surface area contributed by atoms with Gasteiger partial charge in [0.15, 0.2) is 11.4 Å². The summed E-state index contributed by atoms with van der Waals surface area (Å²) in [6.45, 7) is 14.8. The fourth-order valence-corrected chi connectivity index (χ4v) is 8.29. The number of carbonyl (C=O) groups is 4. The fraction of sp³-hybridized carbons (Fsp3) is 0.362. The molecule has 0 saturated heterocycles. The Balaban J connectivity index is 0.000000267. The summed E-state index contributed by atoms with van der Waals surface area (Å²) in [5.74, 6) is -0.402. The first kappa shape index (κ1) is 54.6. The average molecular weight is 1050 g/mol. The van der Waals surface area contributed by atoms with Crippen molar-refractivity contribution in [2.75, 3.05) is 46.7 Å².